The van der Waals surface area contributed by atoms with Gasteiger partial charge >= 0.3 is 0 Å². The van der Waals surface area contributed by atoms with E-state index in [0.717, 1.165) is 36.1 Å². The first-order valence-electron chi connectivity index (χ1n) is 7.16. The summed E-state index contributed by atoms with van der Waals surface area (Å²) in [5.74, 6) is -0.401. The summed E-state index contributed by atoms with van der Waals surface area (Å²) in [7, 11) is 0. The van der Waals surface area contributed by atoms with Crippen molar-refractivity contribution in [2.24, 2.45) is 5.73 Å². The summed E-state index contributed by atoms with van der Waals surface area (Å²) in [6.07, 6.45) is 2.21. The van der Waals surface area contributed by atoms with Gasteiger partial charge in [0.1, 0.15) is 0 Å². The van der Waals surface area contributed by atoms with E-state index in [4.69, 9.17) is 5.73 Å². The highest BCUT2D eigenvalue weighted by Crippen LogP contribution is 2.27. The first-order chi connectivity index (χ1) is 9.56. The zero-order valence-corrected chi connectivity index (χ0v) is 13.6. The number of halogens is 1. The van der Waals surface area contributed by atoms with E-state index in [1.54, 1.807) is 6.07 Å². The molecular weight excluding hydrogens is 318 g/mol. The van der Waals surface area contributed by atoms with Gasteiger partial charge in [-0.2, -0.15) is 0 Å². The molecule has 0 spiro atoms. The van der Waals surface area contributed by atoms with Crippen LogP contribution in [0.4, 0.5) is 5.69 Å². The summed E-state index contributed by atoms with van der Waals surface area (Å²) in [4.78, 5) is 13.7. The summed E-state index contributed by atoms with van der Waals surface area (Å²) in [6.45, 7) is 6.41. The number of nitrogens with one attached hydrogen (secondary N) is 1. The molecule has 1 heterocycles. The number of rotatable bonds is 4. The minimum atomic E-state index is -0.401. The molecule has 20 heavy (non-hydrogen) atoms. The Morgan fingerprint density at radius 2 is 2.20 bits per heavy atom. The molecule has 1 saturated heterocycles. The molecule has 2 atom stereocenters. The molecule has 0 radical (unpaired) electrons. The van der Waals surface area contributed by atoms with Gasteiger partial charge in [-0.3, -0.25) is 4.79 Å². The van der Waals surface area contributed by atoms with Crippen molar-refractivity contribution in [3.63, 3.8) is 0 Å². The van der Waals surface area contributed by atoms with Gasteiger partial charge in [0.05, 0.1) is 5.56 Å². The third kappa shape index (κ3) is 3.15. The summed E-state index contributed by atoms with van der Waals surface area (Å²) in [5, 5.41) is 3.59. The van der Waals surface area contributed by atoms with Gasteiger partial charge in [0.15, 0.2) is 0 Å². The maximum atomic E-state index is 11.3. The molecule has 1 fully saturated rings. The molecule has 2 unspecified atom stereocenters. The molecule has 1 amide bonds. The quantitative estimate of drug-likeness (QED) is 0.886. The molecule has 5 heteroatoms. The van der Waals surface area contributed by atoms with E-state index in [-0.39, 0.29) is 0 Å². The molecule has 0 aliphatic carbocycles. The van der Waals surface area contributed by atoms with Crippen molar-refractivity contribution in [2.75, 3.05) is 18.0 Å². The third-order valence-corrected chi connectivity index (χ3v) is 4.67. The van der Waals surface area contributed by atoms with Crippen LogP contribution in [0.25, 0.3) is 0 Å². The summed E-state index contributed by atoms with van der Waals surface area (Å²) in [5.41, 5.74) is 7.03. The molecule has 1 aliphatic rings. The first kappa shape index (κ1) is 15.3. The number of nitrogens with zero attached hydrogens (tertiary/aromatic N) is 1. The molecule has 1 aliphatic heterocycles. The van der Waals surface area contributed by atoms with Crippen LogP contribution in [0.2, 0.25) is 0 Å². The molecular formula is C15H22BrN3O. The van der Waals surface area contributed by atoms with Crippen molar-refractivity contribution >= 4 is 27.5 Å². The van der Waals surface area contributed by atoms with E-state index in [1.165, 1.54) is 0 Å². The number of benzene rings is 1. The van der Waals surface area contributed by atoms with Crippen LogP contribution in [-0.2, 0) is 0 Å². The number of amides is 1. The van der Waals surface area contributed by atoms with Gasteiger partial charge in [-0.1, -0.05) is 13.8 Å². The number of primary amides is 1. The Kier molecular flexibility index (Phi) is 5.05. The first-order valence-corrected chi connectivity index (χ1v) is 7.95. The highest BCUT2D eigenvalue weighted by Gasteiger charge is 2.26. The van der Waals surface area contributed by atoms with E-state index < -0.39 is 5.91 Å². The second kappa shape index (κ2) is 6.59. The third-order valence-electron chi connectivity index (χ3n) is 4.01. The fraction of sp³-hybridized carbons (Fsp3) is 0.533. The lowest BCUT2D eigenvalue weighted by Crippen LogP contribution is -2.56. The average Bonchev–Trinajstić information content (AvgIpc) is 2.46. The molecule has 4 nitrogen and oxygen atoms in total. The van der Waals surface area contributed by atoms with E-state index in [0.29, 0.717) is 17.6 Å². The van der Waals surface area contributed by atoms with Crippen LogP contribution in [0.1, 0.15) is 37.0 Å². The van der Waals surface area contributed by atoms with Crippen LogP contribution in [0.5, 0.6) is 0 Å². The zero-order valence-electron chi connectivity index (χ0n) is 12.0. The van der Waals surface area contributed by atoms with Crippen LogP contribution < -0.4 is 16.0 Å². The summed E-state index contributed by atoms with van der Waals surface area (Å²) < 4.78 is 0.768. The van der Waals surface area contributed by atoms with Crippen molar-refractivity contribution in [1.29, 1.82) is 0 Å². The predicted octanol–water partition coefficient (Wildman–Crippen LogP) is 2.51. The number of hydrogen-bond donors (Lipinski definition) is 2. The molecule has 0 aromatic heterocycles. The standard InChI is InChI=1S/C15H22BrN3O/c1-3-10-9-19(11(4-2)8-18-10)12-5-6-13(15(17)20)14(16)7-12/h5-7,10-11,18H,3-4,8-9H2,1-2H3,(H2,17,20). The Bertz CT molecular complexity index is 492. The highest BCUT2D eigenvalue weighted by atomic mass is 79.9. The fourth-order valence-corrected chi connectivity index (χ4v) is 3.26. The van der Waals surface area contributed by atoms with Crippen molar-refractivity contribution in [3.05, 3.63) is 28.2 Å². The monoisotopic (exact) mass is 339 g/mol. The van der Waals surface area contributed by atoms with Gasteiger partial charge in [0, 0.05) is 35.3 Å². The van der Waals surface area contributed by atoms with Crippen molar-refractivity contribution < 1.29 is 4.79 Å². The zero-order chi connectivity index (χ0) is 14.7. The average molecular weight is 340 g/mol. The Morgan fingerprint density at radius 3 is 2.75 bits per heavy atom. The van der Waals surface area contributed by atoms with Gasteiger partial charge in [0.25, 0.3) is 0 Å². The maximum absolute atomic E-state index is 11.3. The molecule has 1 aromatic carbocycles. The van der Waals surface area contributed by atoms with Crippen molar-refractivity contribution in [1.82, 2.24) is 5.32 Å². The number of carbonyl (C=O) groups is 1. The number of carbonyl (C=O) groups excluding carboxylic acids is 1. The minimum absolute atomic E-state index is 0.401. The fourth-order valence-electron chi connectivity index (χ4n) is 2.70. The molecule has 1 aromatic rings. The minimum Gasteiger partial charge on any atom is -0.366 e. The maximum Gasteiger partial charge on any atom is 0.249 e. The van der Waals surface area contributed by atoms with E-state index in [9.17, 15) is 4.79 Å². The van der Waals surface area contributed by atoms with Crippen LogP contribution in [0.3, 0.4) is 0 Å². The van der Waals surface area contributed by atoms with Gasteiger partial charge in [-0.05, 0) is 47.0 Å². The number of hydrogen-bond acceptors (Lipinski definition) is 3. The summed E-state index contributed by atoms with van der Waals surface area (Å²) in [6, 6.07) is 6.81. The molecule has 0 saturated carbocycles. The van der Waals surface area contributed by atoms with Gasteiger partial charge < -0.3 is 16.0 Å². The lowest BCUT2D eigenvalue weighted by atomic mass is 10.0. The molecule has 2 rings (SSSR count). The van der Waals surface area contributed by atoms with Crippen LogP contribution in [-0.4, -0.2) is 31.1 Å². The second-order valence-electron chi connectivity index (χ2n) is 5.26. The van der Waals surface area contributed by atoms with Crippen LogP contribution in [0.15, 0.2) is 22.7 Å². The molecule has 110 valence electrons. The lowest BCUT2D eigenvalue weighted by Gasteiger charge is -2.41. The Labute approximate surface area is 128 Å². The van der Waals surface area contributed by atoms with Gasteiger partial charge in [-0.25, -0.2) is 0 Å². The largest absolute Gasteiger partial charge is 0.366 e. The summed E-state index contributed by atoms with van der Waals surface area (Å²) >= 11 is 3.45. The number of anilines is 1. The van der Waals surface area contributed by atoms with E-state index >= 15 is 0 Å². The van der Waals surface area contributed by atoms with E-state index in [1.807, 2.05) is 12.1 Å². The second-order valence-corrected chi connectivity index (χ2v) is 6.11. The molecule has 3 N–H and O–H groups in total. The van der Waals surface area contributed by atoms with Crippen molar-refractivity contribution in [3.8, 4) is 0 Å². The SMILES string of the molecule is CCC1CN(c2ccc(C(N)=O)c(Br)c2)C(CC)CN1. The smallest absolute Gasteiger partial charge is 0.249 e. The van der Waals surface area contributed by atoms with Crippen molar-refractivity contribution in [2.45, 2.75) is 38.8 Å². The van der Waals surface area contributed by atoms with Crippen LogP contribution in [0, 0.1) is 0 Å². The Morgan fingerprint density at radius 1 is 1.45 bits per heavy atom. The van der Waals surface area contributed by atoms with Gasteiger partial charge in [0.2, 0.25) is 5.91 Å². The van der Waals surface area contributed by atoms with E-state index in [2.05, 4.69) is 40.0 Å². The predicted molar refractivity (Wildman–Crippen MR) is 86.2 cm³/mol. The van der Waals surface area contributed by atoms with Crippen LogP contribution >= 0.6 is 15.9 Å². The van der Waals surface area contributed by atoms with Gasteiger partial charge in [-0.15, -0.1) is 0 Å². The molecule has 0 bridgehead atoms. The lowest BCUT2D eigenvalue weighted by molar-refractivity contribution is 0.0999. The Balaban J connectivity index is 2.27. The number of piperazine rings is 1. The number of nitrogens with two attached hydrogens (primary N) is 1. The normalized spacial score (nSPS) is 22.9. The topological polar surface area (TPSA) is 58.4 Å². The highest BCUT2D eigenvalue weighted by molar-refractivity contribution is 9.10. The Hall–Kier alpha value is -1.07.